The fraction of sp³-hybridized carbons (Fsp3) is 0.727. The molecule has 0 atom stereocenters. The van der Waals surface area contributed by atoms with Gasteiger partial charge in [-0.25, -0.2) is 4.68 Å². The van der Waals surface area contributed by atoms with Crippen molar-refractivity contribution in [3.05, 3.63) is 5.69 Å². The molecule has 0 aliphatic heterocycles. The summed E-state index contributed by atoms with van der Waals surface area (Å²) in [7, 11) is 2.13. The molecule has 1 saturated carbocycles. The van der Waals surface area contributed by atoms with Crippen molar-refractivity contribution in [2.24, 2.45) is 0 Å². The Balaban J connectivity index is 2.31. The molecular formula is C11H20N4. The lowest BCUT2D eigenvalue weighted by Gasteiger charge is -2.36. The van der Waals surface area contributed by atoms with Gasteiger partial charge in [0.1, 0.15) is 0 Å². The van der Waals surface area contributed by atoms with E-state index >= 15 is 0 Å². The molecule has 1 aromatic rings. The molecule has 1 aliphatic carbocycles. The van der Waals surface area contributed by atoms with E-state index in [0.717, 1.165) is 23.7 Å². The quantitative estimate of drug-likeness (QED) is 0.823. The maximum atomic E-state index is 6.07. The van der Waals surface area contributed by atoms with E-state index in [-0.39, 0.29) is 0 Å². The van der Waals surface area contributed by atoms with Crippen molar-refractivity contribution in [3.63, 3.8) is 0 Å². The van der Waals surface area contributed by atoms with Gasteiger partial charge in [-0.05, 0) is 33.1 Å². The number of anilines is 2. The van der Waals surface area contributed by atoms with Crippen molar-refractivity contribution >= 4 is 11.5 Å². The summed E-state index contributed by atoms with van der Waals surface area (Å²) in [5, 5.41) is 4.44. The Morgan fingerprint density at radius 3 is 2.67 bits per heavy atom. The first-order valence-electron chi connectivity index (χ1n) is 5.70. The molecule has 1 fully saturated rings. The minimum atomic E-state index is 0.661. The van der Waals surface area contributed by atoms with E-state index in [4.69, 9.17) is 5.73 Å². The molecule has 0 unspecified atom stereocenters. The van der Waals surface area contributed by atoms with E-state index in [9.17, 15) is 0 Å². The molecule has 15 heavy (non-hydrogen) atoms. The predicted octanol–water partition coefficient (Wildman–Crippen LogP) is 1.78. The number of hydrogen-bond donors (Lipinski definition) is 1. The second-order valence-electron chi connectivity index (χ2n) is 4.33. The molecule has 4 heteroatoms. The number of nitrogen functional groups attached to an aromatic ring is 1. The molecule has 0 bridgehead atoms. The molecular weight excluding hydrogens is 188 g/mol. The Hall–Kier alpha value is -1.19. The normalized spacial score (nSPS) is 16.5. The Bertz CT molecular complexity index is 352. The summed E-state index contributed by atoms with van der Waals surface area (Å²) in [4.78, 5) is 2.29. The highest BCUT2D eigenvalue weighted by atomic mass is 15.4. The van der Waals surface area contributed by atoms with Crippen LogP contribution >= 0.6 is 0 Å². The molecule has 0 aromatic carbocycles. The van der Waals surface area contributed by atoms with Crippen LogP contribution in [0.3, 0.4) is 0 Å². The third-order valence-corrected chi connectivity index (χ3v) is 3.40. The summed E-state index contributed by atoms with van der Waals surface area (Å²) < 4.78 is 2.00. The highest BCUT2D eigenvalue weighted by Crippen LogP contribution is 2.32. The summed E-state index contributed by atoms with van der Waals surface area (Å²) in [5.74, 6) is 1.10. The molecule has 2 rings (SSSR count). The number of hydrogen-bond acceptors (Lipinski definition) is 3. The van der Waals surface area contributed by atoms with Crippen LogP contribution in [0, 0.1) is 6.92 Å². The van der Waals surface area contributed by atoms with Gasteiger partial charge in [-0.3, -0.25) is 0 Å². The van der Waals surface area contributed by atoms with Crippen LogP contribution in [0.25, 0.3) is 0 Å². The van der Waals surface area contributed by atoms with Crippen LogP contribution in [0.5, 0.6) is 0 Å². The first kappa shape index (κ1) is 10.3. The number of nitrogens with two attached hydrogens (primary N) is 1. The van der Waals surface area contributed by atoms with Crippen LogP contribution in [0.15, 0.2) is 0 Å². The van der Waals surface area contributed by atoms with Crippen molar-refractivity contribution in [1.29, 1.82) is 0 Å². The second kappa shape index (κ2) is 3.76. The van der Waals surface area contributed by atoms with Gasteiger partial charge < -0.3 is 10.6 Å². The predicted molar refractivity (Wildman–Crippen MR) is 63.1 cm³/mol. The summed E-state index contributed by atoms with van der Waals surface area (Å²) in [6, 6.07) is 0.661. The van der Waals surface area contributed by atoms with E-state index < -0.39 is 0 Å². The van der Waals surface area contributed by atoms with Crippen molar-refractivity contribution in [2.75, 3.05) is 17.7 Å². The summed E-state index contributed by atoms with van der Waals surface area (Å²) in [6.45, 7) is 4.95. The summed E-state index contributed by atoms with van der Waals surface area (Å²) in [6.07, 6.45) is 3.90. The molecule has 2 N–H and O–H groups in total. The van der Waals surface area contributed by atoms with Crippen molar-refractivity contribution < 1.29 is 0 Å². The molecule has 0 saturated heterocycles. The second-order valence-corrected chi connectivity index (χ2v) is 4.33. The monoisotopic (exact) mass is 208 g/mol. The SMILES string of the molecule is CCn1nc(C)c(N)c1N(C)C1CCC1. The zero-order valence-electron chi connectivity index (χ0n) is 9.82. The lowest BCUT2D eigenvalue weighted by Crippen LogP contribution is -2.38. The smallest absolute Gasteiger partial charge is 0.150 e. The van der Waals surface area contributed by atoms with Gasteiger partial charge in [0, 0.05) is 19.6 Å². The first-order chi connectivity index (χ1) is 7.15. The zero-order valence-corrected chi connectivity index (χ0v) is 9.82. The summed E-state index contributed by atoms with van der Waals surface area (Å²) in [5.41, 5.74) is 7.85. The van der Waals surface area contributed by atoms with Crippen LogP contribution in [-0.2, 0) is 6.54 Å². The number of rotatable bonds is 3. The molecule has 84 valence electrons. The van der Waals surface area contributed by atoms with Crippen LogP contribution < -0.4 is 10.6 Å². The Morgan fingerprint density at radius 2 is 2.20 bits per heavy atom. The van der Waals surface area contributed by atoms with Crippen LogP contribution in [0.4, 0.5) is 11.5 Å². The largest absolute Gasteiger partial charge is 0.394 e. The standard InChI is InChI=1S/C11H20N4/c1-4-15-11(10(12)8(2)13-15)14(3)9-6-5-7-9/h9H,4-7,12H2,1-3H3. The highest BCUT2D eigenvalue weighted by molar-refractivity contribution is 5.66. The van der Waals surface area contributed by atoms with Gasteiger partial charge >= 0.3 is 0 Å². The lowest BCUT2D eigenvalue weighted by atomic mass is 9.92. The zero-order chi connectivity index (χ0) is 11.0. The first-order valence-corrected chi connectivity index (χ1v) is 5.70. The minimum Gasteiger partial charge on any atom is -0.394 e. The number of aromatic nitrogens is 2. The average Bonchev–Trinajstić information content (AvgIpc) is 2.40. The van der Waals surface area contributed by atoms with Gasteiger partial charge in [0.05, 0.1) is 11.4 Å². The maximum absolute atomic E-state index is 6.07. The van der Waals surface area contributed by atoms with E-state index in [0.29, 0.717) is 6.04 Å². The fourth-order valence-corrected chi connectivity index (χ4v) is 2.12. The van der Waals surface area contributed by atoms with E-state index in [2.05, 4.69) is 24.0 Å². The number of nitrogens with zero attached hydrogens (tertiary/aromatic N) is 3. The number of aryl methyl sites for hydroxylation is 2. The Kier molecular flexibility index (Phi) is 2.59. The van der Waals surface area contributed by atoms with E-state index in [1.54, 1.807) is 0 Å². The van der Waals surface area contributed by atoms with Crippen molar-refractivity contribution in [2.45, 2.75) is 45.7 Å². The van der Waals surface area contributed by atoms with Gasteiger partial charge in [0.25, 0.3) is 0 Å². The van der Waals surface area contributed by atoms with Gasteiger partial charge in [-0.15, -0.1) is 0 Å². The van der Waals surface area contributed by atoms with Gasteiger partial charge in [0.2, 0.25) is 0 Å². The van der Waals surface area contributed by atoms with Gasteiger partial charge in [-0.1, -0.05) is 0 Å². The van der Waals surface area contributed by atoms with E-state index in [1.165, 1.54) is 19.3 Å². The van der Waals surface area contributed by atoms with E-state index in [1.807, 2.05) is 11.6 Å². The highest BCUT2D eigenvalue weighted by Gasteiger charge is 2.26. The van der Waals surface area contributed by atoms with Crippen LogP contribution in [0.1, 0.15) is 31.9 Å². The molecule has 1 aliphatic rings. The van der Waals surface area contributed by atoms with Crippen molar-refractivity contribution in [1.82, 2.24) is 9.78 Å². The lowest BCUT2D eigenvalue weighted by molar-refractivity contribution is 0.395. The van der Waals surface area contributed by atoms with Gasteiger partial charge in [0.15, 0.2) is 5.82 Å². The van der Waals surface area contributed by atoms with Crippen molar-refractivity contribution in [3.8, 4) is 0 Å². The maximum Gasteiger partial charge on any atom is 0.150 e. The molecule has 0 amide bonds. The molecule has 0 radical (unpaired) electrons. The molecule has 4 nitrogen and oxygen atoms in total. The Morgan fingerprint density at radius 1 is 1.53 bits per heavy atom. The van der Waals surface area contributed by atoms with Gasteiger partial charge in [-0.2, -0.15) is 5.10 Å². The fourth-order valence-electron chi connectivity index (χ4n) is 2.12. The Labute approximate surface area is 91.1 Å². The molecule has 1 aromatic heterocycles. The van der Waals surface area contributed by atoms with Crippen LogP contribution in [-0.4, -0.2) is 22.9 Å². The average molecular weight is 208 g/mol. The third-order valence-electron chi connectivity index (χ3n) is 3.40. The topological polar surface area (TPSA) is 47.1 Å². The summed E-state index contributed by atoms with van der Waals surface area (Å²) >= 11 is 0. The third kappa shape index (κ3) is 1.58. The van der Waals surface area contributed by atoms with Crippen LogP contribution in [0.2, 0.25) is 0 Å². The minimum absolute atomic E-state index is 0.661. The molecule has 0 spiro atoms. The molecule has 1 heterocycles.